The van der Waals surface area contributed by atoms with Gasteiger partial charge in [0.15, 0.2) is 0 Å². The van der Waals surface area contributed by atoms with Crippen LogP contribution in [0.1, 0.15) is 42.6 Å². The Hall–Kier alpha value is -1.59. The predicted octanol–water partition coefficient (Wildman–Crippen LogP) is 2.53. The number of carbonyl (C=O) groups is 1. The van der Waals surface area contributed by atoms with Gasteiger partial charge in [-0.3, -0.25) is 0 Å². The molecule has 0 amide bonds. The van der Waals surface area contributed by atoms with Gasteiger partial charge in [0.2, 0.25) is 0 Å². The normalized spacial score (nSPS) is 25.6. The molecule has 0 aliphatic carbocycles. The first kappa shape index (κ1) is 15.8. The zero-order chi connectivity index (χ0) is 15.4. The van der Waals surface area contributed by atoms with Crippen LogP contribution in [-0.4, -0.2) is 31.4 Å². The van der Waals surface area contributed by atoms with E-state index >= 15 is 0 Å². The smallest absolute Gasteiger partial charge is 0.340 e. The summed E-state index contributed by atoms with van der Waals surface area (Å²) in [4.78, 5) is 11.8. The van der Waals surface area contributed by atoms with Crippen molar-refractivity contribution in [3.63, 3.8) is 0 Å². The topological polar surface area (TPSA) is 70.8 Å². The van der Waals surface area contributed by atoms with E-state index in [4.69, 9.17) is 19.9 Å². The molecule has 2 N–H and O–H groups in total. The third-order valence-corrected chi connectivity index (χ3v) is 3.70. The van der Waals surface area contributed by atoms with Crippen LogP contribution < -0.4 is 5.73 Å². The zero-order valence-electron chi connectivity index (χ0n) is 12.8. The molecule has 0 aromatic heterocycles. The number of methoxy groups -OCH3 is 1. The average Bonchev–Trinajstić information content (AvgIpc) is 2.43. The van der Waals surface area contributed by atoms with E-state index in [0.717, 1.165) is 18.4 Å². The number of anilines is 1. The standard InChI is InChI=1S/C16H23NO4/c1-10-7-13(8-11(2)21-10)20-9-12-5-4-6-14(17)15(12)16(18)19-3/h4-6,10-11,13H,7-9,17H2,1-3H3. The van der Waals surface area contributed by atoms with E-state index in [-0.39, 0.29) is 18.3 Å². The second-order valence-electron chi connectivity index (χ2n) is 5.53. The molecule has 1 fully saturated rings. The Balaban J connectivity index is 2.06. The fourth-order valence-corrected chi connectivity index (χ4v) is 2.78. The Kier molecular flexibility index (Phi) is 5.20. The summed E-state index contributed by atoms with van der Waals surface area (Å²) in [5.41, 5.74) is 7.44. The zero-order valence-corrected chi connectivity index (χ0v) is 12.8. The molecule has 2 rings (SSSR count). The number of carbonyl (C=O) groups excluding carboxylic acids is 1. The van der Waals surface area contributed by atoms with Crippen molar-refractivity contribution in [3.8, 4) is 0 Å². The lowest BCUT2D eigenvalue weighted by atomic mass is 10.0. The van der Waals surface area contributed by atoms with Crippen molar-refractivity contribution in [2.75, 3.05) is 12.8 Å². The molecule has 0 saturated carbocycles. The molecule has 5 nitrogen and oxygen atoms in total. The molecule has 116 valence electrons. The highest BCUT2D eigenvalue weighted by molar-refractivity contribution is 5.96. The highest BCUT2D eigenvalue weighted by atomic mass is 16.5. The van der Waals surface area contributed by atoms with E-state index in [1.807, 2.05) is 26.0 Å². The summed E-state index contributed by atoms with van der Waals surface area (Å²) in [6, 6.07) is 5.35. The molecule has 1 aliphatic rings. The lowest BCUT2D eigenvalue weighted by molar-refractivity contribution is -0.106. The van der Waals surface area contributed by atoms with Crippen molar-refractivity contribution in [1.82, 2.24) is 0 Å². The average molecular weight is 293 g/mol. The van der Waals surface area contributed by atoms with Gasteiger partial charge in [-0.25, -0.2) is 4.79 Å². The number of nitrogens with two attached hydrogens (primary N) is 1. The van der Waals surface area contributed by atoms with Gasteiger partial charge in [0.25, 0.3) is 0 Å². The second-order valence-corrected chi connectivity index (χ2v) is 5.53. The Bertz CT molecular complexity index is 493. The molecule has 1 aromatic carbocycles. The first-order valence-corrected chi connectivity index (χ1v) is 7.24. The Morgan fingerprint density at radius 1 is 1.33 bits per heavy atom. The molecule has 1 aromatic rings. The molecule has 21 heavy (non-hydrogen) atoms. The van der Waals surface area contributed by atoms with E-state index in [2.05, 4.69) is 0 Å². The van der Waals surface area contributed by atoms with Crippen LogP contribution in [0.4, 0.5) is 5.69 Å². The van der Waals surface area contributed by atoms with E-state index in [9.17, 15) is 4.79 Å². The van der Waals surface area contributed by atoms with Crippen LogP contribution in [0, 0.1) is 0 Å². The summed E-state index contributed by atoms with van der Waals surface area (Å²) in [7, 11) is 1.35. The molecule has 2 atom stereocenters. The van der Waals surface area contributed by atoms with Crippen molar-refractivity contribution in [2.45, 2.75) is 51.6 Å². The molecule has 0 spiro atoms. The molecule has 0 radical (unpaired) electrons. The largest absolute Gasteiger partial charge is 0.465 e. The lowest BCUT2D eigenvalue weighted by Crippen LogP contribution is -2.34. The monoisotopic (exact) mass is 293 g/mol. The summed E-state index contributed by atoms with van der Waals surface area (Å²) in [5.74, 6) is -0.430. The fraction of sp³-hybridized carbons (Fsp3) is 0.562. The highest BCUT2D eigenvalue weighted by Crippen LogP contribution is 2.24. The van der Waals surface area contributed by atoms with Crippen LogP contribution in [0.5, 0.6) is 0 Å². The Labute approximate surface area is 125 Å². The van der Waals surface area contributed by atoms with Gasteiger partial charge in [-0.1, -0.05) is 12.1 Å². The van der Waals surface area contributed by atoms with Gasteiger partial charge in [-0.05, 0) is 38.3 Å². The lowest BCUT2D eigenvalue weighted by Gasteiger charge is -2.32. The van der Waals surface area contributed by atoms with Crippen LogP contribution in [0.2, 0.25) is 0 Å². The first-order chi connectivity index (χ1) is 10.0. The number of ether oxygens (including phenoxy) is 3. The summed E-state index contributed by atoms with van der Waals surface area (Å²) >= 11 is 0. The number of rotatable bonds is 4. The number of nitrogen functional groups attached to an aromatic ring is 1. The quantitative estimate of drug-likeness (QED) is 0.682. The van der Waals surface area contributed by atoms with Gasteiger partial charge >= 0.3 is 5.97 Å². The molecule has 1 saturated heterocycles. The van der Waals surface area contributed by atoms with Gasteiger partial charge in [0.1, 0.15) is 0 Å². The van der Waals surface area contributed by atoms with Crippen LogP contribution in [0.3, 0.4) is 0 Å². The molecular formula is C16H23NO4. The van der Waals surface area contributed by atoms with Gasteiger partial charge in [0, 0.05) is 5.69 Å². The first-order valence-electron chi connectivity index (χ1n) is 7.24. The van der Waals surface area contributed by atoms with Crippen molar-refractivity contribution in [2.24, 2.45) is 0 Å². The number of hydrogen-bond donors (Lipinski definition) is 1. The van der Waals surface area contributed by atoms with Crippen LogP contribution in [0.15, 0.2) is 18.2 Å². The molecule has 1 heterocycles. The summed E-state index contributed by atoms with van der Waals surface area (Å²) in [5, 5.41) is 0. The fourth-order valence-electron chi connectivity index (χ4n) is 2.78. The second kappa shape index (κ2) is 6.91. The molecular weight excluding hydrogens is 270 g/mol. The van der Waals surface area contributed by atoms with Crippen molar-refractivity contribution < 1.29 is 19.0 Å². The SMILES string of the molecule is COC(=O)c1c(N)cccc1COC1CC(C)OC(C)C1. The minimum atomic E-state index is -0.430. The van der Waals surface area contributed by atoms with E-state index in [1.54, 1.807) is 6.07 Å². The molecule has 0 bridgehead atoms. The third kappa shape index (κ3) is 3.95. The minimum absolute atomic E-state index is 0.135. The van der Waals surface area contributed by atoms with Crippen molar-refractivity contribution >= 4 is 11.7 Å². The Morgan fingerprint density at radius 3 is 2.62 bits per heavy atom. The van der Waals surface area contributed by atoms with Gasteiger partial charge in [-0.15, -0.1) is 0 Å². The maximum Gasteiger partial charge on any atom is 0.340 e. The predicted molar refractivity (Wildman–Crippen MR) is 80.0 cm³/mol. The van der Waals surface area contributed by atoms with Crippen LogP contribution >= 0.6 is 0 Å². The van der Waals surface area contributed by atoms with Crippen LogP contribution in [-0.2, 0) is 20.8 Å². The summed E-state index contributed by atoms with van der Waals surface area (Å²) in [6.45, 7) is 4.44. The number of esters is 1. The van der Waals surface area contributed by atoms with E-state index in [1.165, 1.54) is 7.11 Å². The van der Waals surface area contributed by atoms with Gasteiger partial charge < -0.3 is 19.9 Å². The molecule has 2 unspecified atom stereocenters. The molecule has 1 aliphatic heterocycles. The third-order valence-electron chi connectivity index (χ3n) is 3.70. The minimum Gasteiger partial charge on any atom is -0.465 e. The van der Waals surface area contributed by atoms with Crippen molar-refractivity contribution in [3.05, 3.63) is 29.3 Å². The van der Waals surface area contributed by atoms with E-state index in [0.29, 0.717) is 17.9 Å². The highest BCUT2D eigenvalue weighted by Gasteiger charge is 2.25. The van der Waals surface area contributed by atoms with E-state index < -0.39 is 5.97 Å². The van der Waals surface area contributed by atoms with Crippen LogP contribution in [0.25, 0.3) is 0 Å². The number of benzene rings is 1. The Morgan fingerprint density at radius 2 is 2.00 bits per heavy atom. The van der Waals surface area contributed by atoms with Gasteiger partial charge in [0.05, 0.1) is 37.6 Å². The van der Waals surface area contributed by atoms with Crippen molar-refractivity contribution in [1.29, 1.82) is 0 Å². The summed E-state index contributed by atoms with van der Waals surface area (Å²) < 4.78 is 16.4. The maximum absolute atomic E-state index is 11.8. The number of hydrogen-bond acceptors (Lipinski definition) is 5. The summed E-state index contributed by atoms with van der Waals surface area (Å²) in [6.07, 6.45) is 2.25. The molecule has 5 heteroatoms. The maximum atomic E-state index is 11.8. The van der Waals surface area contributed by atoms with Gasteiger partial charge in [-0.2, -0.15) is 0 Å².